The average molecular weight is 384 g/mol. The summed E-state index contributed by atoms with van der Waals surface area (Å²) in [5.41, 5.74) is 1.75. The third-order valence-electron chi connectivity index (χ3n) is 4.44. The maximum Gasteiger partial charge on any atom is 0.262 e. The highest BCUT2D eigenvalue weighted by molar-refractivity contribution is 5.92. The number of ether oxygens (including phenoxy) is 2. The Morgan fingerprint density at radius 1 is 0.964 bits per heavy atom. The van der Waals surface area contributed by atoms with Crippen molar-refractivity contribution in [3.05, 3.63) is 54.1 Å². The molecule has 0 saturated carbocycles. The summed E-state index contributed by atoms with van der Waals surface area (Å²) in [6.45, 7) is 9.24. The second kappa shape index (κ2) is 10.7. The van der Waals surface area contributed by atoms with Crippen LogP contribution in [-0.2, 0) is 10.2 Å². The van der Waals surface area contributed by atoms with Gasteiger partial charge >= 0.3 is 0 Å². The second-order valence-electron chi connectivity index (χ2n) is 8.02. The number of para-hydroxylation sites is 1. The van der Waals surface area contributed by atoms with Crippen LogP contribution in [0.4, 0.5) is 5.69 Å². The molecule has 0 aliphatic rings. The van der Waals surface area contributed by atoms with E-state index in [0.717, 1.165) is 23.5 Å². The number of carbonyl (C=O) groups excluding carboxylic acids is 1. The van der Waals surface area contributed by atoms with Gasteiger partial charge in [-0.25, -0.2) is 0 Å². The molecule has 2 aromatic rings. The Morgan fingerprint density at radius 2 is 1.75 bits per heavy atom. The molecule has 0 heterocycles. The summed E-state index contributed by atoms with van der Waals surface area (Å²) >= 11 is 0. The third-order valence-corrected chi connectivity index (χ3v) is 4.44. The van der Waals surface area contributed by atoms with Crippen LogP contribution in [0.2, 0.25) is 0 Å². The predicted molar refractivity (Wildman–Crippen MR) is 115 cm³/mol. The van der Waals surface area contributed by atoms with Gasteiger partial charge in [0.1, 0.15) is 11.5 Å². The Labute approximate surface area is 169 Å². The van der Waals surface area contributed by atoms with Gasteiger partial charge in [0.2, 0.25) is 0 Å². The number of unbranched alkanes of at least 4 members (excludes halogenated alkanes) is 3. The van der Waals surface area contributed by atoms with Crippen molar-refractivity contribution in [2.45, 2.75) is 58.8 Å². The van der Waals surface area contributed by atoms with E-state index >= 15 is 0 Å². The van der Waals surface area contributed by atoms with Crippen LogP contribution in [0.25, 0.3) is 0 Å². The molecular formula is C24H33NO3. The summed E-state index contributed by atoms with van der Waals surface area (Å²) in [5, 5.41) is 2.88. The first-order valence-corrected chi connectivity index (χ1v) is 10.1. The van der Waals surface area contributed by atoms with Crippen LogP contribution in [0.1, 0.15) is 58.9 Å². The summed E-state index contributed by atoms with van der Waals surface area (Å²) in [6.07, 6.45) is 4.67. The fourth-order valence-corrected chi connectivity index (χ4v) is 2.93. The Kier molecular flexibility index (Phi) is 8.37. The Hall–Kier alpha value is -2.49. The number of amides is 1. The average Bonchev–Trinajstić information content (AvgIpc) is 2.66. The van der Waals surface area contributed by atoms with Gasteiger partial charge < -0.3 is 14.8 Å². The van der Waals surface area contributed by atoms with Crippen molar-refractivity contribution in [1.82, 2.24) is 0 Å². The molecule has 0 atom stereocenters. The van der Waals surface area contributed by atoms with Crippen LogP contribution in [0, 0.1) is 0 Å². The molecule has 0 fully saturated rings. The zero-order chi connectivity index (χ0) is 20.4. The SMILES string of the molecule is CCCCCCOc1cccc(NC(=O)COc2ccccc2C(C)(C)C)c1. The summed E-state index contributed by atoms with van der Waals surface area (Å²) in [6, 6.07) is 15.3. The van der Waals surface area contributed by atoms with E-state index in [4.69, 9.17) is 9.47 Å². The fourth-order valence-electron chi connectivity index (χ4n) is 2.93. The maximum atomic E-state index is 12.3. The Morgan fingerprint density at radius 3 is 2.50 bits per heavy atom. The molecule has 0 saturated heterocycles. The quantitative estimate of drug-likeness (QED) is 0.515. The molecule has 28 heavy (non-hydrogen) atoms. The van der Waals surface area contributed by atoms with Crippen LogP contribution in [-0.4, -0.2) is 19.1 Å². The highest BCUT2D eigenvalue weighted by Crippen LogP contribution is 2.30. The molecule has 0 aliphatic carbocycles. The van der Waals surface area contributed by atoms with Gasteiger partial charge in [0.05, 0.1) is 6.61 Å². The topological polar surface area (TPSA) is 47.6 Å². The molecule has 1 N–H and O–H groups in total. The summed E-state index contributed by atoms with van der Waals surface area (Å²) in [4.78, 5) is 12.3. The molecule has 0 bridgehead atoms. The van der Waals surface area contributed by atoms with Gasteiger partial charge in [-0.1, -0.05) is 71.2 Å². The van der Waals surface area contributed by atoms with Crippen molar-refractivity contribution in [2.24, 2.45) is 0 Å². The number of benzene rings is 2. The molecule has 4 heteroatoms. The van der Waals surface area contributed by atoms with Crippen molar-refractivity contribution in [3.63, 3.8) is 0 Å². The molecule has 1 amide bonds. The lowest BCUT2D eigenvalue weighted by Crippen LogP contribution is -2.22. The van der Waals surface area contributed by atoms with E-state index in [1.54, 1.807) is 0 Å². The normalized spacial score (nSPS) is 11.1. The molecule has 2 rings (SSSR count). The Bertz CT molecular complexity index is 750. The van der Waals surface area contributed by atoms with Gasteiger partial charge in [-0.05, 0) is 35.6 Å². The van der Waals surface area contributed by atoms with Gasteiger partial charge in [0, 0.05) is 11.8 Å². The van der Waals surface area contributed by atoms with Crippen LogP contribution in [0.3, 0.4) is 0 Å². The lowest BCUT2D eigenvalue weighted by Gasteiger charge is -2.22. The highest BCUT2D eigenvalue weighted by Gasteiger charge is 2.18. The number of nitrogens with one attached hydrogen (secondary N) is 1. The summed E-state index contributed by atoms with van der Waals surface area (Å²) < 4.78 is 11.6. The molecule has 152 valence electrons. The Balaban J connectivity index is 1.86. The smallest absolute Gasteiger partial charge is 0.262 e. The maximum absolute atomic E-state index is 12.3. The highest BCUT2D eigenvalue weighted by atomic mass is 16.5. The first-order valence-electron chi connectivity index (χ1n) is 10.1. The number of carbonyl (C=O) groups is 1. The first-order chi connectivity index (χ1) is 13.4. The molecular weight excluding hydrogens is 350 g/mol. The van der Waals surface area contributed by atoms with Crippen LogP contribution >= 0.6 is 0 Å². The predicted octanol–water partition coefficient (Wildman–Crippen LogP) is 5.96. The molecule has 4 nitrogen and oxygen atoms in total. The van der Waals surface area contributed by atoms with Gasteiger partial charge in [-0.3, -0.25) is 4.79 Å². The van der Waals surface area contributed by atoms with E-state index < -0.39 is 0 Å². The van der Waals surface area contributed by atoms with Crippen molar-refractivity contribution in [1.29, 1.82) is 0 Å². The van der Waals surface area contributed by atoms with Crippen molar-refractivity contribution in [3.8, 4) is 11.5 Å². The molecule has 0 aliphatic heterocycles. The van der Waals surface area contributed by atoms with Crippen molar-refractivity contribution >= 4 is 11.6 Å². The van der Waals surface area contributed by atoms with E-state index in [0.29, 0.717) is 12.3 Å². The largest absolute Gasteiger partial charge is 0.494 e. The van der Waals surface area contributed by atoms with Gasteiger partial charge in [0.25, 0.3) is 5.91 Å². The molecule has 0 aromatic heterocycles. The number of rotatable bonds is 10. The minimum Gasteiger partial charge on any atom is -0.494 e. The zero-order valence-electron chi connectivity index (χ0n) is 17.6. The van der Waals surface area contributed by atoms with Gasteiger partial charge in [-0.2, -0.15) is 0 Å². The van der Waals surface area contributed by atoms with Crippen LogP contribution in [0.5, 0.6) is 11.5 Å². The van der Waals surface area contributed by atoms with Crippen LogP contribution < -0.4 is 14.8 Å². The van der Waals surface area contributed by atoms with Crippen molar-refractivity contribution < 1.29 is 14.3 Å². The van der Waals surface area contributed by atoms with Gasteiger partial charge in [0.15, 0.2) is 6.61 Å². The first kappa shape index (κ1) is 21.8. The second-order valence-corrected chi connectivity index (χ2v) is 8.02. The molecule has 0 spiro atoms. The molecule has 2 aromatic carbocycles. The van der Waals surface area contributed by atoms with E-state index in [-0.39, 0.29) is 17.9 Å². The van der Waals surface area contributed by atoms with E-state index in [1.165, 1.54) is 19.3 Å². The standard InChI is InChI=1S/C24H33NO3/c1-5-6-7-10-16-27-20-13-11-12-19(17-20)25-23(26)18-28-22-15-9-8-14-21(22)24(2,3)4/h8-9,11-15,17H,5-7,10,16,18H2,1-4H3,(H,25,26). The molecule has 0 radical (unpaired) electrons. The monoisotopic (exact) mass is 383 g/mol. The summed E-state index contributed by atoms with van der Waals surface area (Å²) in [5.74, 6) is 1.33. The lowest BCUT2D eigenvalue weighted by molar-refractivity contribution is -0.118. The van der Waals surface area contributed by atoms with Crippen LogP contribution in [0.15, 0.2) is 48.5 Å². The van der Waals surface area contributed by atoms with E-state index in [2.05, 4.69) is 33.0 Å². The van der Waals surface area contributed by atoms with E-state index in [1.807, 2.05) is 48.5 Å². The lowest BCUT2D eigenvalue weighted by atomic mass is 9.86. The minimum atomic E-state index is -0.191. The number of hydrogen-bond donors (Lipinski definition) is 1. The molecule has 0 unspecified atom stereocenters. The van der Waals surface area contributed by atoms with Gasteiger partial charge in [-0.15, -0.1) is 0 Å². The van der Waals surface area contributed by atoms with E-state index in [9.17, 15) is 4.79 Å². The minimum absolute atomic E-state index is 0.0325. The number of anilines is 1. The third kappa shape index (κ3) is 7.26. The number of hydrogen-bond acceptors (Lipinski definition) is 3. The summed E-state index contributed by atoms with van der Waals surface area (Å²) in [7, 11) is 0. The zero-order valence-corrected chi connectivity index (χ0v) is 17.6. The van der Waals surface area contributed by atoms with Crippen molar-refractivity contribution in [2.75, 3.05) is 18.5 Å². The fraction of sp³-hybridized carbons (Fsp3) is 0.458.